The average Bonchev–Trinajstić information content (AvgIpc) is 2.48. The molecule has 2 aromatic rings. The number of nitrogens with one attached hydrogen (secondary N) is 2. The Balaban J connectivity index is 2.20. The lowest BCUT2D eigenvalue weighted by Crippen LogP contribution is -2.13. The van der Waals surface area contributed by atoms with Gasteiger partial charge in [-0.3, -0.25) is 5.43 Å². The summed E-state index contributed by atoms with van der Waals surface area (Å²) in [5.41, 5.74) is 3.26. The molecule has 0 saturated heterocycles. The van der Waals surface area contributed by atoms with Crippen LogP contribution in [0.4, 0.5) is 17.6 Å². The topological polar surface area (TPSA) is 98.0 Å². The largest absolute Gasteiger partial charge is 0.464 e. The molecule has 20 heavy (non-hydrogen) atoms. The molecule has 0 aliphatic carbocycles. The van der Waals surface area contributed by atoms with E-state index in [9.17, 15) is 0 Å². The molecular formula is C12H16N6OS. The number of nitrogens with zero attached hydrogens (tertiary/aromatic N) is 3. The second-order valence-corrected chi connectivity index (χ2v) is 4.58. The van der Waals surface area contributed by atoms with Crippen LogP contribution in [0, 0.1) is 0 Å². The lowest BCUT2D eigenvalue weighted by atomic mass is 10.3. The highest BCUT2D eigenvalue weighted by molar-refractivity contribution is 7.98. The van der Waals surface area contributed by atoms with Crippen molar-refractivity contribution in [1.29, 1.82) is 0 Å². The Hall–Kier alpha value is -2.06. The molecular weight excluding hydrogens is 276 g/mol. The van der Waals surface area contributed by atoms with Gasteiger partial charge in [-0.2, -0.15) is 15.0 Å². The lowest BCUT2D eigenvalue weighted by Gasteiger charge is -2.08. The fourth-order valence-corrected chi connectivity index (χ4v) is 1.88. The van der Waals surface area contributed by atoms with Gasteiger partial charge in [0.15, 0.2) is 0 Å². The minimum Gasteiger partial charge on any atom is -0.464 e. The number of hydrogen-bond donors (Lipinski definition) is 3. The van der Waals surface area contributed by atoms with E-state index in [1.54, 1.807) is 11.8 Å². The molecule has 1 aromatic heterocycles. The van der Waals surface area contributed by atoms with Crippen LogP contribution in [-0.2, 0) is 0 Å². The molecule has 7 nitrogen and oxygen atoms in total. The molecule has 0 radical (unpaired) electrons. The van der Waals surface area contributed by atoms with Gasteiger partial charge in [0, 0.05) is 10.6 Å². The maximum atomic E-state index is 5.33. The van der Waals surface area contributed by atoms with Crippen LogP contribution >= 0.6 is 11.8 Å². The highest BCUT2D eigenvalue weighted by atomic mass is 32.2. The molecule has 1 aromatic carbocycles. The first-order valence-corrected chi connectivity index (χ1v) is 7.24. The van der Waals surface area contributed by atoms with Gasteiger partial charge in [-0.25, -0.2) is 5.84 Å². The number of hydrogen-bond acceptors (Lipinski definition) is 8. The number of thioether (sulfide) groups is 1. The van der Waals surface area contributed by atoms with Crippen LogP contribution in [0.15, 0.2) is 29.2 Å². The highest BCUT2D eigenvalue weighted by Gasteiger charge is 2.06. The third kappa shape index (κ3) is 3.72. The molecule has 0 fully saturated rings. The highest BCUT2D eigenvalue weighted by Crippen LogP contribution is 2.20. The SMILES string of the molecule is CCOc1nc(NN)nc(Nc2ccc(SC)cc2)n1. The van der Waals surface area contributed by atoms with E-state index in [0.29, 0.717) is 12.6 Å². The summed E-state index contributed by atoms with van der Waals surface area (Å²) in [5.74, 6) is 5.94. The van der Waals surface area contributed by atoms with E-state index in [0.717, 1.165) is 5.69 Å². The Morgan fingerprint density at radius 2 is 1.85 bits per heavy atom. The van der Waals surface area contributed by atoms with Gasteiger partial charge in [-0.1, -0.05) is 0 Å². The third-order valence-corrected chi connectivity index (χ3v) is 3.11. The van der Waals surface area contributed by atoms with Gasteiger partial charge in [-0.15, -0.1) is 11.8 Å². The van der Waals surface area contributed by atoms with Gasteiger partial charge < -0.3 is 10.1 Å². The number of nitrogen functional groups attached to an aromatic ring is 1. The third-order valence-electron chi connectivity index (χ3n) is 2.36. The lowest BCUT2D eigenvalue weighted by molar-refractivity contribution is 0.312. The zero-order valence-corrected chi connectivity index (χ0v) is 12.1. The minimum atomic E-state index is 0.221. The Labute approximate surface area is 121 Å². The smallest absolute Gasteiger partial charge is 0.323 e. The molecule has 0 unspecified atom stereocenters. The molecule has 0 atom stereocenters. The second-order valence-electron chi connectivity index (χ2n) is 3.70. The van der Waals surface area contributed by atoms with Crippen LogP contribution in [0.3, 0.4) is 0 Å². The Morgan fingerprint density at radius 3 is 2.45 bits per heavy atom. The van der Waals surface area contributed by atoms with E-state index in [-0.39, 0.29) is 12.0 Å². The molecule has 8 heteroatoms. The summed E-state index contributed by atoms with van der Waals surface area (Å²) in [7, 11) is 0. The molecule has 1 heterocycles. The van der Waals surface area contributed by atoms with Crippen molar-refractivity contribution in [2.75, 3.05) is 23.6 Å². The Morgan fingerprint density at radius 1 is 1.15 bits per heavy atom. The van der Waals surface area contributed by atoms with Crippen molar-refractivity contribution in [3.05, 3.63) is 24.3 Å². The van der Waals surface area contributed by atoms with E-state index < -0.39 is 0 Å². The Kier molecular flexibility index (Phi) is 4.97. The average molecular weight is 292 g/mol. The number of benzene rings is 1. The monoisotopic (exact) mass is 292 g/mol. The maximum absolute atomic E-state index is 5.33. The predicted molar refractivity (Wildman–Crippen MR) is 80.3 cm³/mol. The van der Waals surface area contributed by atoms with Gasteiger partial charge in [-0.05, 0) is 37.4 Å². The van der Waals surface area contributed by atoms with Gasteiger partial charge in [0.05, 0.1) is 6.61 Å². The van der Waals surface area contributed by atoms with Gasteiger partial charge >= 0.3 is 6.01 Å². The van der Waals surface area contributed by atoms with Crippen molar-refractivity contribution in [2.24, 2.45) is 5.84 Å². The normalized spacial score (nSPS) is 10.2. The number of anilines is 3. The van der Waals surface area contributed by atoms with Crippen molar-refractivity contribution in [3.63, 3.8) is 0 Å². The first-order valence-electron chi connectivity index (χ1n) is 6.01. The summed E-state index contributed by atoms with van der Waals surface area (Å²) in [5, 5.41) is 3.08. The van der Waals surface area contributed by atoms with Crippen LogP contribution < -0.4 is 21.3 Å². The number of ether oxygens (including phenoxy) is 1. The van der Waals surface area contributed by atoms with Crippen molar-refractivity contribution in [1.82, 2.24) is 15.0 Å². The quantitative estimate of drug-likeness (QED) is 0.422. The zero-order valence-electron chi connectivity index (χ0n) is 11.3. The number of nitrogens with two attached hydrogens (primary N) is 1. The van der Waals surface area contributed by atoms with Crippen molar-refractivity contribution < 1.29 is 4.74 Å². The van der Waals surface area contributed by atoms with E-state index in [4.69, 9.17) is 10.6 Å². The van der Waals surface area contributed by atoms with Crippen LogP contribution in [0.2, 0.25) is 0 Å². The first-order chi connectivity index (χ1) is 9.75. The fraction of sp³-hybridized carbons (Fsp3) is 0.250. The fourth-order valence-electron chi connectivity index (χ4n) is 1.47. The number of rotatable bonds is 6. The first kappa shape index (κ1) is 14.4. The van der Waals surface area contributed by atoms with Crippen molar-refractivity contribution >= 4 is 29.3 Å². The second kappa shape index (κ2) is 6.92. The predicted octanol–water partition coefficient (Wildman–Crippen LogP) is 2.02. The number of hydrazine groups is 1. The molecule has 0 spiro atoms. The summed E-state index contributed by atoms with van der Waals surface area (Å²) in [4.78, 5) is 13.4. The molecule has 0 aliphatic rings. The standard InChI is InChI=1S/C12H16N6OS/c1-3-19-12-16-10(15-11(17-12)18-13)14-8-4-6-9(20-2)7-5-8/h4-7H,3,13H2,1-2H3,(H2,14,15,16,17,18). The molecule has 0 amide bonds. The molecule has 0 bridgehead atoms. The van der Waals surface area contributed by atoms with E-state index in [1.807, 2.05) is 37.4 Å². The van der Waals surface area contributed by atoms with Crippen LogP contribution in [0.1, 0.15) is 6.92 Å². The number of aromatic nitrogens is 3. The van der Waals surface area contributed by atoms with Gasteiger partial charge in [0.2, 0.25) is 11.9 Å². The summed E-state index contributed by atoms with van der Waals surface area (Å²) in [6, 6.07) is 8.15. The van der Waals surface area contributed by atoms with E-state index >= 15 is 0 Å². The molecule has 0 saturated carbocycles. The molecule has 0 aliphatic heterocycles. The van der Waals surface area contributed by atoms with Crippen molar-refractivity contribution in [2.45, 2.75) is 11.8 Å². The van der Waals surface area contributed by atoms with Crippen LogP contribution in [0.25, 0.3) is 0 Å². The van der Waals surface area contributed by atoms with Gasteiger partial charge in [0.1, 0.15) is 0 Å². The summed E-state index contributed by atoms with van der Waals surface area (Å²) in [6.45, 7) is 2.32. The van der Waals surface area contributed by atoms with E-state index in [1.165, 1.54) is 4.90 Å². The molecule has 4 N–H and O–H groups in total. The Bertz CT molecular complexity index is 562. The maximum Gasteiger partial charge on any atom is 0.323 e. The van der Waals surface area contributed by atoms with E-state index in [2.05, 4.69) is 25.7 Å². The van der Waals surface area contributed by atoms with Crippen LogP contribution in [-0.4, -0.2) is 27.8 Å². The van der Waals surface area contributed by atoms with Crippen LogP contribution in [0.5, 0.6) is 6.01 Å². The van der Waals surface area contributed by atoms with Crippen molar-refractivity contribution in [3.8, 4) is 6.01 Å². The summed E-state index contributed by atoms with van der Waals surface area (Å²) in [6.07, 6.45) is 2.03. The zero-order chi connectivity index (χ0) is 14.4. The minimum absolute atomic E-state index is 0.221. The summed E-state index contributed by atoms with van der Waals surface area (Å²) < 4.78 is 5.26. The van der Waals surface area contributed by atoms with Gasteiger partial charge in [0.25, 0.3) is 0 Å². The molecule has 2 rings (SSSR count). The molecule has 106 valence electrons. The summed E-state index contributed by atoms with van der Waals surface area (Å²) >= 11 is 1.68.